The summed E-state index contributed by atoms with van der Waals surface area (Å²) in [4.78, 5) is 0. The molecule has 0 radical (unpaired) electrons. The summed E-state index contributed by atoms with van der Waals surface area (Å²) >= 11 is 0. The third-order valence-electron chi connectivity index (χ3n) is 5.63. The van der Waals surface area contributed by atoms with Gasteiger partial charge in [0.25, 0.3) is 0 Å². The van der Waals surface area contributed by atoms with Crippen LogP contribution in [0.3, 0.4) is 0 Å². The summed E-state index contributed by atoms with van der Waals surface area (Å²) in [6.07, 6.45) is 20.1. The van der Waals surface area contributed by atoms with Gasteiger partial charge in [0, 0.05) is 26.1 Å². The van der Waals surface area contributed by atoms with Gasteiger partial charge in [-0.05, 0) is 32.6 Å². The molecule has 24 heavy (non-hydrogen) atoms. The molecule has 2 heteroatoms. The molecule has 0 spiro atoms. The lowest BCUT2D eigenvalue weighted by Gasteiger charge is -2.35. The molecule has 0 aromatic heterocycles. The molecule has 0 aliphatic heterocycles. The second kappa shape index (κ2) is 14.1. The van der Waals surface area contributed by atoms with Crippen LogP contribution in [0, 0.1) is 5.92 Å². The highest BCUT2D eigenvalue weighted by Gasteiger charge is 2.31. The zero-order valence-corrected chi connectivity index (χ0v) is 16.9. The molecule has 0 atom stereocenters. The third kappa shape index (κ3) is 9.42. The summed E-state index contributed by atoms with van der Waals surface area (Å²) in [5.74, 6) is 0.609. The first-order chi connectivity index (χ1) is 11.8. The molecule has 0 unspecified atom stereocenters. The molecule has 0 bridgehead atoms. The summed E-state index contributed by atoms with van der Waals surface area (Å²) in [6, 6.07) is 0. The fraction of sp³-hybridized carbons (Fsp3) is 1.00. The Kier molecular flexibility index (Phi) is 12.9. The van der Waals surface area contributed by atoms with E-state index in [1.54, 1.807) is 0 Å². The number of unbranched alkanes of at least 4 members (excludes halogenated alkanes) is 6. The summed E-state index contributed by atoms with van der Waals surface area (Å²) in [7, 11) is 0. The van der Waals surface area contributed by atoms with Crippen molar-refractivity contribution in [3.8, 4) is 0 Å². The van der Waals surface area contributed by atoms with Crippen molar-refractivity contribution < 1.29 is 9.47 Å². The predicted octanol–water partition coefficient (Wildman–Crippen LogP) is 7.26. The lowest BCUT2D eigenvalue weighted by molar-refractivity contribution is -0.243. The highest BCUT2D eigenvalue weighted by molar-refractivity contribution is 4.75. The minimum absolute atomic E-state index is 0.301. The van der Waals surface area contributed by atoms with Crippen molar-refractivity contribution in [2.24, 2.45) is 5.92 Å². The van der Waals surface area contributed by atoms with Gasteiger partial charge in [0.05, 0.1) is 0 Å². The van der Waals surface area contributed by atoms with Crippen LogP contribution in [-0.4, -0.2) is 19.0 Å². The summed E-state index contributed by atoms with van der Waals surface area (Å²) in [6.45, 7) is 8.03. The second-order valence-corrected chi connectivity index (χ2v) is 7.69. The minimum atomic E-state index is -0.301. The van der Waals surface area contributed by atoms with Gasteiger partial charge in [0.15, 0.2) is 5.79 Å². The molecule has 0 aromatic carbocycles. The van der Waals surface area contributed by atoms with Gasteiger partial charge in [-0.15, -0.1) is 0 Å². The van der Waals surface area contributed by atoms with Crippen molar-refractivity contribution in [1.82, 2.24) is 0 Å². The lowest BCUT2D eigenvalue weighted by atomic mass is 9.84. The van der Waals surface area contributed by atoms with Gasteiger partial charge < -0.3 is 9.47 Å². The maximum absolute atomic E-state index is 6.18. The quantitative estimate of drug-likeness (QED) is 0.231. The molecule has 1 rings (SSSR count). The Balaban J connectivity index is 2.35. The average Bonchev–Trinajstić information content (AvgIpc) is 2.61. The molecule has 0 heterocycles. The van der Waals surface area contributed by atoms with Crippen LogP contribution < -0.4 is 0 Å². The minimum Gasteiger partial charge on any atom is -0.350 e. The Labute approximate surface area is 152 Å². The van der Waals surface area contributed by atoms with E-state index in [2.05, 4.69) is 20.8 Å². The Morgan fingerprint density at radius 2 is 1.29 bits per heavy atom. The molecule has 0 saturated heterocycles. The van der Waals surface area contributed by atoms with Crippen molar-refractivity contribution in [2.75, 3.05) is 13.2 Å². The molecule has 144 valence electrons. The Bertz CT molecular complexity index is 265. The van der Waals surface area contributed by atoms with E-state index in [0.717, 1.165) is 32.0 Å². The van der Waals surface area contributed by atoms with Gasteiger partial charge in [-0.1, -0.05) is 77.6 Å². The molecule has 0 N–H and O–H groups in total. The van der Waals surface area contributed by atoms with Crippen LogP contribution >= 0.6 is 0 Å². The Hall–Kier alpha value is -0.0800. The maximum Gasteiger partial charge on any atom is 0.168 e. The van der Waals surface area contributed by atoms with Gasteiger partial charge in [0.2, 0.25) is 0 Å². The van der Waals surface area contributed by atoms with Gasteiger partial charge in [-0.25, -0.2) is 0 Å². The van der Waals surface area contributed by atoms with Crippen molar-refractivity contribution in [1.29, 1.82) is 0 Å². The standard InChI is InChI=1S/C22H44O2/c1-4-7-8-9-10-11-15-19-22(23-5-2,24-6-3)20-18-21-16-13-12-14-17-21/h21H,4-20H2,1-3H3. The van der Waals surface area contributed by atoms with Crippen LogP contribution in [0.2, 0.25) is 0 Å². The van der Waals surface area contributed by atoms with E-state index in [9.17, 15) is 0 Å². The van der Waals surface area contributed by atoms with E-state index in [4.69, 9.17) is 9.47 Å². The van der Waals surface area contributed by atoms with E-state index in [0.29, 0.717) is 0 Å². The Morgan fingerprint density at radius 1 is 0.708 bits per heavy atom. The summed E-state index contributed by atoms with van der Waals surface area (Å²) < 4.78 is 12.4. The monoisotopic (exact) mass is 340 g/mol. The zero-order valence-electron chi connectivity index (χ0n) is 16.9. The molecule has 0 aromatic rings. The molecular formula is C22H44O2. The van der Waals surface area contributed by atoms with E-state index < -0.39 is 0 Å². The van der Waals surface area contributed by atoms with Crippen LogP contribution in [0.4, 0.5) is 0 Å². The molecule has 1 aliphatic rings. The Morgan fingerprint density at radius 3 is 1.88 bits per heavy atom. The molecular weight excluding hydrogens is 296 g/mol. The van der Waals surface area contributed by atoms with E-state index in [1.807, 2.05) is 0 Å². The van der Waals surface area contributed by atoms with Crippen LogP contribution in [0.5, 0.6) is 0 Å². The van der Waals surface area contributed by atoms with Crippen molar-refractivity contribution >= 4 is 0 Å². The largest absolute Gasteiger partial charge is 0.350 e. The SMILES string of the molecule is CCCCCCCCCC(CCC1CCCCC1)(OCC)OCC. The fourth-order valence-electron chi connectivity index (χ4n) is 4.23. The van der Waals surface area contributed by atoms with E-state index >= 15 is 0 Å². The highest BCUT2D eigenvalue weighted by atomic mass is 16.7. The first-order valence-corrected chi connectivity index (χ1v) is 11.0. The van der Waals surface area contributed by atoms with Gasteiger partial charge in [-0.3, -0.25) is 0 Å². The van der Waals surface area contributed by atoms with Crippen LogP contribution in [-0.2, 0) is 9.47 Å². The van der Waals surface area contributed by atoms with Gasteiger partial charge in [0.1, 0.15) is 0 Å². The maximum atomic E-state index is 6.18. The van der Waals surface area contributed by atoms with Crippen molar-refractivity contribution in [3.63, 3.8) is 0 Å². The lowest BCUT2D eigenvalue weighted by Crippen LogP contribution is -2.37. The third-order valence-corrected chi connectivity index (χ3v) is 5.63. The predicted molar refractivity (Wildman–Crippen MR) is 104 cm³/mol. The van der Waals surface area contributed by atoms with Crippen LogP contribution in [0.1, 0.15) is 117 Å². The number of hydrogen-bond donors (Lipinski definition) is 0. The van der Waals surface area contributed by atoms with Gasteiger partial charge >= 0.3 is 0 Å². The van der Waals surface area contributed by atoms with E-state index in [-0.39, 0.29) is 5.79 Å². The topological polar surface area (TPSA) is 18.5 Å². The van der Waals surface area contributed by atoms with Crippen molar-refractivity contribution in [2.45, 2.75) is 123 Å². The normalized spacial score (nSPS) is 16.6. The zero-order chi connectivity index (χ0) is 17.5. The molecule has 2 nitrogen and oxygen atoms in total. The number of hydrogen-bond acceptors (Lipinski definition) is 2. The van der Waals surface area contributed by atoms with E-state index in [1.165, 1.54) is 83.5 Å². The number of rotatable bonds is 15. The van der Waals surface area contributed by atoms with Crippen LogP contribution in [0.25, 0.3) is 0 Å². The molecule has 1 saturated carbocycles. The summed E-state index contributed by atoms with van der Waals surface area (Å²) in [5, 5.41) is 0. The van der Waals surface area contributed by atoms with Crippen LogP contribution in [0.15, 0.2) is 0 Å². The fourth-order valence-corrected chi connectivity index (χ4v) is 4.23. The first-order valence-electron chi connectivity index (χ1n) is 11.0. The van der Waals surface area contributed by atoms with Gasteiger partial charge in [-0.2, -0.15) is 0 Å². The van der Waals surface area contributed by atoms with Crippen molar-refractivity contribution in [3.05, 3.63) is 0 Å². The number of ether oxygens (including phenoxy) is 2. The first kappa shape index (κ1) is 22.0. The summed E-state index contributed by atoms with van der Waals surface area (Å²) in [5.41, 5.74) is 0. The highest BCUT2D eigenvalue weighted by Crippen LogP contribution is 2.34. The smallest absolute Gasteiger partial charge is 0.168 e. The molecule has 1 fully saturated rings. The molecule has 1 aliphatic carbocycles. The average molecular weight is 341 g/mol. The molecule has 0 amide bonds. The second-order valence-electron chi connectivity index (χ2n) is 7.69.